The Morgan fingerprint density at radius 1 is 1.48 bits per heavy atom. The Morgan fingerprint density at radius 3 is 2.74 bits per heavy atom. The predicted octanol–water partition coefficient (Wildman–Crippen LogP) is 2.19. The van der Waals surface area contributed by atoms with Crippen LogP contribution in [-0.2, 0) is 9.59 Å². The highest BCUT2D eigenvalue weighted by atomic mass is 35.5. The van der Waals surface area contributed by atoms with E-state index in [0.29, 0.717) is 20.0 Å². The average Bonchev–Trinajstić information content (AvgIpc) is 3.04. The fourth-order valence-electron chi connectivity index (χ4n) is 2.19. The summed E-state index contributed by atoms with van der Waals surface area (Å²) in [5.74, 6) is -1.36. The first-order valence-electron chi connectivity index (χ1n) is 6.53. The van der Waals surface area contributed by atoms with Crippen LogP contribution in [0.4, 0.5) is 0 Å². The minimum Gasteiger partial charge on any atom is -0.480 e. The molecule has 0 spiro atoms. The zero-order valence-corrected chi connectivity index (χ0v) is 13.9. The van der Waals surface area contributed by atoms with Crippen molar-refractivity contribution in [2.24, 2.45) is 5.10 Å². The van der Waals surface area contributed by atoms with Gasteiger partial charge in [0.05, 0.1) is 10.6 Å². The van der Waals surface area contributed by atoms with Crippen molar-refractivity contribution in [2.75, 3.05) is 0 Å². The Morgan fingerprint density at radius 2 is 2.17 bits per heavy atom. The second kappa shape index (κ2) is 6.31. The van der Waals surface area contributed by atoms with Crippen LogP contribution in [-0.4, -0.2) is 38.1 Å². The van der Waals surface area contributed by atoms with Crippen LogP contribution >= 0.6 is 35.6 Å². The van der Waals surface area contributed by atoms with Gasteiger partial charge in [-0.3, -0.25) is 9.80 Å². The van der Waals surface area contributed by atoms with Gasteiger partial charge in [-0.25, -0.2) is 4.79 Å². The van der Waals surface area contributed by atoms with Gasteiger partial charge in [0.2, 0.25) is 0 Å². The minimum absolute atomic E-state index is 0.234. The number of hydrazone groups is 1. The molecule has 1 saturated heterocycles. The number of thiocarbonyl (C=S) groups is 1. The average molecular weight is 368 g/mol. The van der Waals surface area contributed by atoms with Crippen molar-refractivity contribution in [1.29, 1.82) is 0 Å². The Bertz CT molecular complexity index is 761. The molecule has 2 aliphatic rings. The molecule has 0 bridgehead atoms. The van der Waals surface area contributed by atoms with Gasteiger partial charge in [0.1, 0.15) is 4.32 Å². The number of halogens is 1. The van der Waals surface area contributed by atoms with Crippen molar-refractivity contribution in [3.8, 4) is 0 Å². The Balaban J connectivity index is 1.91. The third-order valence-electron chi connectivity index (χ3n) is 3.30. The van der Waals surface area contributed by atoms with Gasteiger partial charge in [0.25, 0.3) is 5.91 Å². The van der Waals surface area contributed by atoms with Crippen LogP contribution in [0.25, 0.3) is 0 Å². The number of amides is 1. The molecule has 1 aromatic rings. The highest BCUT2D eigenvalue weighted by Crippen LogP contribution is 2.28. The number of carbonyl (C=O) groups excluding carboxylic acids is 1. The summed E-state index contributed by atoms with van der Waals surface area (Å²) in [7, 11) is 0. The van der Waals surface area contributed by atoms with E-state index in [0.717, 1.165) is 17.3 Å². The van der Waals surface area contributed by atoms with E-state index < -0.39 is 12.0 Å². The Labute approximate surface area is 146 Å². The van der Waals surface area contributed by atoms with Crippen LogP contribution in [0.2, 0.25) is 5.02 Å². The molecule has 1 amide bonds. The van der Waals surface area contributed by atoms with Gasteiger partial charge < -0.3 is 10.4 Å². The fraction of sp³-hybridized carbons (Fsp3) is 0.143. The molecule has 0 aliphatic carbocycles. The number of hydrogen-bond acceptors (Lipinski definition) is 6. The quantitative estimate of drug-likeness (QED) is 0.629. The van der Waals surface area contributed by atoms with Gasteiger partial charge in [-0.05, 0) is 17.7 Å². The van der Waals surface area contributed by atoms with Crippen molar-refractivity contribution < 1.29 is 14.7 Å². The van der Waals surface area contributed by atoms with E-state index in [1.807, 2.05) is 0 Å². The number of rotatable bonds is 3. The number of carbonyl (C=O) groups is 2. The number of nitrogens with one attached hydrogen (secondary N) is 1. The molecule has 1 fully saturated rings. The molecule has 1 aromatic carbocycles. The first-order chi connectivity index (χ1) is 10.9. The van der Waals surface area contributed by atoms with Crippen LogP contribution in [0.3, 0.4) is 0 Å². The predicted molar refractivity (Wildman–Crippen MR) is 92.3 cm³/mol. The fourth-order valence-corrected chi connectivity index (χ4v) is 3.33. The summed E-state index contributed by atoms with van der Waals surface area (Å²) in [6.07, 6.45) is 1.65. The highest BCUT2D eigenvalue weighted by molar-refractivity contribution is 8.26. The maximum Gasteiger partial charge on any atom is 0.328 e. The number of hydrogen-bond donors (Lipinski definition) is 2. The van der Waals surface area contributed by atoms with Crippen molar-refractivity contribution in [2.45, 2.75) is 12.5 Å². The number of carboxylic acids is 1. The van der Waals surface area contributed by atoms with E-state index in [2.05, 4.69) is 10.4 Å². The number of carboxylic acid groups (broad SMARTS) is 1. The summed E-state index contributed by atoms with van der Waals surface area (Å²) >= 11 is 11.9. The molecule has 0 unspecified atom stereocenters. The summed E-state index contributed by atoms with van der Waals surface area (Å²) in [6.45, 7) is 0. The van der Waals surface area contributed by atoms with Crippen LogP contribution in [0.15, 0.2) is 40.5 Å². The van der Waals surface area contributed by atoms with Crippen LogP contribution in [0, 0.1) is 0 Å². The van der Waals surface area contributed by atoms with E-state index in [9.17, 15) is 14.7 Å². The summed E-state index contributed by atoms with van der Waals surface area (Å²) in [4.78, 5) is 23.5. The first kappa shape index (κ1) is 16.0. The zero-order valence-electron chi connectivity index (χ0n) is 11.5. The largest absolute Gasteiger partial charge is 0.480 e. The van der Waals surface area contributed by atoms with Crippen molar-refractivity contribution in [3.05, 3.63) is 46.0 Å². The highest BCUT2D eigenvalue weighted by Gasteiger charge is 2.34. The molecule has 2 heterocycles. The lowest BCUT2D eigenvalue weighted by Gasteiger charge is -2.15. The monoisotopic (exact) mass is 367 g/mol. The second-order valence-electron chi connectivity index (χ2n) is 4.83. The molecule has 0 radical (unpaired) electrons. The maximum absolute atomic E-state index is 11.7. The van der Waals surface area contributed by atoms with E-state index >= 15 is 0 Å². The number of benzene rings is 1. The molecule has 23 heavy (non-hydrogen) atoms. The van der Waals surface area contributed by atoms with Gasteiger partial charge >= 0.3 is 5.97 Å². The van der Waals surface area contributed by atoms with Gasteiger partial charge in [0.15, 0.2) is 6.04 Å². The van der Waals surface area contributed by atoms with Crippen LogP contribution < -0.4 is 5.32 Å². The van der Waals surface area contributed by atoms with Crippen LogP contribution in [0.1, 0.15) is 12.0 Å². The molecule has 9 heteroatoms. The van der Waals surface area contributed by atoms with E-state index in [1.54, 1.807) is 24.3 Å². The molecule has 0 aromatic heterocycles. The normalized spacial score (nSPS) is 22.5. The number of aliphatic carboxylic acids is 1. The van der Waals surface area contributed by atoms with Crippen molar-refractivity contribution in [1.82, 2.24) is 10.3 Å². The second-order valence-corrected chi connectivity index (χ2v) is 6.98. The lowest BCUT2D eigenvalue weighted by atomic mass is 10.0. The van der Waals surface area contributed by atoms with Crippen LogP contribution in [0.5, 0.6) is 0 Å². The lowest BCUT2D eigenvalue weighted by molar-refractivity contribution is -0.141. The van der Waals surface area contributed by atoms with Gasteiger partial charge in [0, 0.05) is 17.6 Å². The molecule has 3 rings (SSSR count). The topological polar surface area (TPSA) is 82.0 Å². The molecule has 118 valence electrons. The van der Waals surface area contributed by atoms with Gasteiger partial charge in [-0.15, -0.1) is 0 Å². The number of thioether (sulfide) groups is 1. The van der Waals surface area contributed by atoms with E-state index in [4.69, 9.17) is 23.8 Å². The molecular weight excluding hydrogens is 358 g/mol. The zero-order chi connectivity index (χ0) is 16.6. The summed E-state index contributed by atoms with van der Waals surface area (Å²) in [6, 6.07) is 6.13. The lowest BCUT2D eigenvalue weighted by Crippen LogP contribution is -2.31. The standard InChI is InChI=1S/C14H10ClN3O3S2/c15-8-3-1-7(2-4-8)9-5-10(13(20)21)18(17-9)6-11-12(19)16-14(22)23-11/h1-4,6,10H,5H2,(H,20,21)(H,16,19,22)/b11-6-/t10-/m0/s1. The SMILES string of the molecule is O=C1NC(=S)S/C1=C\N1N=C(c2ccc(Cl)cc2)C[C@H]1C(=O)O. The summed E-state index contributed by atoms with van der Waals surface area (Å²) in [5, 5.41) is 18.1. The first-order valence-corrected chi connectivity index (χ1v) is 8.14. The minimum atomic E-state index is -1.01. The third kappa shape index (κ3) is 3.39. The Hall–Kier alpha value is -1.90. The molecule has 1 atom stereocenters. The Kier molecular flexibility index (Phi) is 4.38. The summed E-state index contributed by atoms with van der Waals surface area (Å²) in [5.41, 5.74) is 1.41. The van der Waals surface area contributed by atoms with Crippen molar-refractivity contribution >= 4 is 57.5 Å². The molecular formula is C14H10ClN3O3S2. The van der Waals surface area contributed by atoms with Gasteiger partial charge in [-0.1, -0.05) is 47.7 Å². The molecule has 6 nitrogen and oxygen atoms in total. The molecule has 2 N–H and O–H groups in total. The molecule has 0 saturated carbocycles. The van der Waals surface area contributed by atoms with Crippen molar-refractivity contribution in [3.63, 3.8) is 0 Å². The summed E-state index contributed by atoms with van der Waals surface area (Å²) < 4.78 is 0.342. The maximum atomic E-state index is 11.7. The molecule has 2 aliphatic heterocycles. The third-order valence-corrected chi connectivity index (χ3v) is 4.70. The van der Waals surface area contributed by atoms with Gasteiger partial charge in [-0.2, -0.15) is 5.10 Å². The van der Waals surface area contributed by atoms with E-state index in [1.165, 1.54) is 11.2 Å². The smallest absolute Gasteiger partial charge is 0.328 e. The number of nitrogens with zero attached hydrogens (tertiary/aromatic N) is 2. The van der Waals surface area contributed by atoms with E-state index in [-0.39, 0.29) is 12.3 Å².